The number of nitrogens with two attached hydrogens (primary N) is 2. The molecule has 2 unspecified atom stereocenters. The normalized spacial score (nSPS) is 20.0. The van der Waals surface area contributed by atoms with Gasteiger partial charge >= 0.3 is 0 Å². The Labute approximate surface area is 124 Å². The van der Waals surface area contributed by atoms with Crippen LogP contribution in [0.2, 0.25) is 0 Å². The van der Waals surface area contributed by atoms with Crippen molar-refractivity contribution in [1.29, 1.82) is 0 Å². The first-order valence-corrected chi connectivity index (χ1v) is 7.05. The van der Waals surface area contributed by atoms with Crippen LogP contribution >= 0.6 is 0 Å². The highest BCUT2D eigenvalue weighted by Gasteiger charge is 2.34. The van der Waals surface area contributed by atoms with Gasteiger partial charge in [0, 0.05) is 13.1 Å². The molecule has 1 heterocycles. The van der Waals surface area contributed by atoms with Crippen LogP contribution in [0.5, 0.6) is 0 Å². The number of rotatable bonds is 5. The van der Waals surface area contributed by atoms with E-state index in [1.807, 2.05) is 30.3 Å². The highest BCUT2D eigenvalue weighted by atomic mass is 16.5. The van der Waals surface area contributed by atoms with Crippen LogP contribution in [-0.2, 0) is 20.7 Å². The van der Waals surface area contributed by atoms with Crippen molar-refractivity contribution < 1.29 is 14.3 Å². The number of carbonyl (C=O) groups excluding carboxylic acids is 2. The van der Waals surface area contributed by atoms with Gasteiger partial charge in [0.25, 0.3) is 0 Å². The molecule has 1 saturated heterocycles. The van der Waals surface area contributed by atoms with Gasteiger partial charge in [-0.1, -0.05) is 30.3 Å². The molecule has 2 atom stereocenters. The van der Waals surface area contributed by atoms with Gasteiger partial charge in [0.05, 0.1) is 19.1 Å². The summed E-state index contributed by atoms with van der Waals surface area (Å²) >= 11 is 0. The zero-order valence-corrected chi connectivity index (χ0v) is 11.9. The zero-order valence-electron chi connectivity index (χ0n) is 11.9. The van der Waals surface area contributed by atoms with E-state index in [0.29, 0.717) is 19.6 Å². The molecule has 1 aromatic carbocycles. The molecule has 0 saturated carbocycles. The minimum absolute atomic E-state index is 0.131. The maximum absolute atomic E-state index is 12.6. The molecule has 114 valence electrons. The van der Waals surface area contributed by atoms with Gasteiger partial charge in [-0.25, -0.2) is 0 Å². The van der Waals surface area contributed by atoms with Crippen molar-refractivity contribution in [3.8, 4) is 0 Å². The minimum Gasteiger partial charge on any atom is -0.377 e. The summed E-state index contributed by atoms with van der Waals surface area (Å²) in [5, 5.41) is 0. The Morgan fingerprint density at radius 1 is 1.33 bits per heavy atom. The topological polar surface area (TPSA) is 98.7 Å². The third kappa shape index (κ3) is 3.80. The summed E-state index contributed by atoms with van der Waals surface area (Å²) in [4.78, 5) is 25.6. The van der Waals surface area contributed by atoms with Crippen molar-refractivity contribution in [3.05, 3.63) is 35.9 Å². The lowest BCUT2D eigenvalue weighted by atomic mass is 9.97. The predicted molar refractivity (Wildman–Crippen MR) is 78.2 cm³/mol. The van der Waals surface area contributed by atoms with Crippen molar-refractivity contribution in [2.24, 2.45) is 17.4 Å². The summed E-state index contributed by atoms with van der Waals surface area (Å²) in [5.74, 6) is -1.03. The highest BCUT2D eigenvalue weighted by Crippen LogP contribution is 2.15. The van der Waals surface area contributed by atoms with E-state index in [9.17, 15) is 9.59 Å². The molecule has 2 rings (SSSR count). The number of amides is 2. The summed E-state index contributed by atoms with van der Waals surface area (Å²) in [6, 6.07) is 8.99. The lowest BCUT2D eigenvalue weighted by Gasteiger charge is -2.35. The Balaban J connectivity index is 2.09. The predicted octanol–water partition coefficient (Wildman–Crippen LogP) is -0.483. The lowest BCUT2D eigenvalue weighted by Crippen LogP contribution is -2.57. The Morgan fingerprint density at radius 2 is 2.05 bits per heavy atom. The molecule has 21 heavy (non-hydrogen) atoms. The van der Waals surface area contributed by atoms with Crippen LogP contribution in [0.15, 0.2) is 30.3 Å². The molecule has 1 fully saturated rings. The van der Waals surface area contributed by atoms with Crippen molar-refractivity contribution in [3.63, 3.8) is 0 Å². The summed E-state index contributed by atoms with van der Waals surface area (Å²) < 4.78 is 5.23. The molecule has 6 heteroatoms. The van der Waals surface area contributed by atoms with Crippen LogP contribution < -0.4 is 11.5 Å². The highest BCUT2D eigenvalue weighted by molar-refractivity contribution is 5.88. The summed E-state index contributed by atoms with van der Waals surface area (Å²) in [6.45, 7) is 1.18. The standard InChI is InChI=1S/C15H21N3O3/c16-9-12(8-11-4-2-1-3-5-11)15(20)18-6-7-21-10-13(18)14(17)19/h1-5,12-13H,6-10,16H2,(H2,17,19). The third-order valence-corrected chi connectivity index (χ3v) is 3.70. The van der Waals surface area contributed by atoms with Crippen LogP contribution in [0.4, 0.5) is 0 Å². The number of hydrogen-bond donors (Lipinski definition) is 2. The second-order valence-electron chi connectivity index (χ2n) is 5.15. The van der Waals surface area contributed by atoms with Crippen molar-refractivity contribution >= 4 is 11.8 Å². The molecule has 0 bridgehead atoms. The molecule has 4 N–H and O–H groups in total. The first-order valence-electron chi connectivity index (χ1n) is 7.05. The van der Waals surface area contributed by atoms with Gasteiger partial charge in [-0.2, -0.15) is 0 Å². The average Bonchev–Trinajstić information content (AvgIpc) is 2.53. The van der Waals surface area contributed by atoms with Gasteiger partial charge in [0.15, 0.2) is 0 Å². The summed E-state index contributed by atoms with van der Waals surface area (Å²) in [7, 11) is 0. The van der Waals surface area contributed by atoms with Gasteiger partial charge in [0.2, 0.25) is 11.8 Å². The lowest BCUT2D eigenvalue weighted by molar-refractivity contribution is -0.150. The Kier molecular flexibility index (Phi) is 5.30. The largest absolute Gasteiger partial charge is 0.377 e. The van der Waals surface area contributed by atoms with Gasteiger partial charge in [-0.3, -0.25) is 9.59 Å². The first kappa shape index (κ1) is 15.5. The van der Waals surface area contributed by atoms with Crippen molar-refractivity contribution in [1.82, 2.24) is 4.90 Å². The van der Waals surface area contributed by atoms with Gasteiger partial charge in [-0.05, 0) is 12.0 Å². The van der Waals surface area contributed by atoms with E-state index in [0.717, 1.165) is 5.56 Å². The fourth-order valence-corrected chi connectivity index (χ4v) is 2.51. The van der Waals surface area contributed by atoms with E-state index in [-0.39, 0.29) is 25.0 Å². The van der Waals surface area contributed by atoms with E-state index in [4.69, 9.17) is 16.2 Å². The van der Waals surface area contributed by atoms with E-state index < -0.39 is 11.9 Å². The number of hydrogen-bond acceptors (Lipinski definition) is 4. The van der Waals surface area contributed by atoms with Crippen molar-refractivity contribution in [2.45, 2.75) is 12.5 Å². The number of primary amides is 1. The van der Waals surface area contributed by atoms with Crippen LogP contribution in [0.1, 0.15) is 5.56 Å². The maximum atomic E-state index is 12.6. The van der Waals surface area contributed by atoms with Gasteiger partial charge in [0.1, 0.15) is 6.04 Å². The minimum atomic E-state index is -0.698. The molecule has 6 nitrogen and oxygen atoms in total. The Bertz CT molecular complexity index is 492. The fourth-order valence-electron chi connectivity index (χ4n) is 2.51. The van der Waals surface area contributed by atoms with Crippen molar-refractivity contribution in [2.75, 3.05) is 26.3 Å². The quantitative estimate of drug-likeness (QED) is 0.765. The number of carbonyl (C=O) groups is 2. The molecule has 1 aliphatic heterocycles. The van der Waals surface area contributed by atoms with Crippen LogP contribution in [-0.4, -0.2) is 49.1 Å². The van der Waals surface area contributed by atoms with E-state index >= 15 is 0 Å². The Morgan fingerprint density at radius 3 is 2.67 bits per heavy atom. The first-order chi connectivity index (χ1) is 10.1. The van der Waals surface area contributed by atoms with E-state index in [1.165, 1.54) is 4.90 Å². The van der Waals surface area contributed by atoms with Crippen LogP contribution in [0.25, 0.3) is 0 Å². The molecule has 1 aliphatic rings. The fraction of sp³-hybridized carbons (Fsp3) is 0.467. The molecule has 0 radical (unpaired) electrons. The second kappa shape index (κ2) is 7.19. The smallest absolute Gasteiger partial charge is 0.242 e. The molecule has 2 amide bonds. The monoisotopic (exact) mass is 291 g/mol. The SMILES string of the molecule is NCC(Cc1ccccc1)C(=O)N1CCOCC1C(N)=O. The summed E-state index contributed by atoms with van der Waals surface area (Å²) in [5.41, 5.74) is 12.1. The number of ether oxygens (including phenoxy) is 1. The zero-order chi connectivity index (χ0) is 15.2. The second-order valence-corrected chi connectivity index (χ2v) is 5.15. The molecule has 0 aliphatic carbocycles. The van der Waals surface area contributed by atoms with Crippen LogP contribution in [0, 0.1) is 5.92 Å². The van der Waals surface area contributed by atoms with Gasteiger partial charge in [-0.15, -0.1) is 0 Å². The summed E-state index contributed by atoms with van der Waals surface area (Å²) in [6.07, 6.45) is 0.555. The third-order valence-electron chi connectivity index (χ3n) is 3.70. The van der Waals surface area contributed by atoms with Gasteiger partial charge < -0.3 is 21.1 Å². The molecular weight excluding hydrogens is 270 g/mol. The number of nitrogens with zero attached hydrogens (tertiary/aromatic N) is 1. The average molecular weight is 291 g/mol. The Hall–Kier alpha value is -1.92. The molecule has 1 aromatic rings. The molecule has 0 spiro atoms. The number of benzene rings is 1. The maximum Gasteiger partial charge on any atom is 0.242 e. The van der Waals surface area contributed by atoms with E-state index in [1.54, 1.807) is 0 Å². The molecule has 0 aromatic heterocycles. The van der Waals surface area contributed by atoms with E-state index in [2.05, 4.69) is 0 Å². The number of morpholine rings is 1. The van der Waals surface area contributed by atoms with Crippen LogP contribution in [0.3, 0.4) is 0 Å². The molecular formula is C15H21N3O3.